The van der Waals surface area contributed by atoms with E-state index in [0.717, 1.165) is 22.3 Å². The minimum Gasteiger partial charge on any atom is -0.352 e. The Morgan fingerprint density at radius 3 is 2.33 bits per heavy atom. The molecule has 7 heteroatoms. The Morgan fingerprint density at radius 2 is 1.73 bits per heavy atom. The summed E-state index contributed by atoms with van der Waals surface area (Å²) >= 11 is 0. The van der Waals surface area contributed by atoms with Crippen molar-refractivity contribution < 1.29 is 17.6 Å². The number of piperidine rings is 1. The van der Waals surface area contributed by atoms with Crippen molar-refractivity contribution in [1.82, 2.24) is 9.62 Å². The van der Waals surface area contributed by atoms with Gasteiger partial charge in [-0.3, -0.25) is 4.79 Å². The van der Waals surface area contributed by atoms with E-state index in [1.807, 2.05) is 39.8 Å². The van der Waals surface area contributed by atoms with E-state index in [2.05, 4.69) is 5.32 Å². The summed E-state index contributed by atoms with van der Waals surface area (Å²) in [5.41, 5.74) is 2.44. The smallest absolute Gasteiger partial charge is 0.243 e. The zero-order chi connectivity index (χ0) is 22.1. The zero-order valence-corrected chi connectivity index (χ0v) is 18.8. The molecule has 0 spiro atoms. The molecule has 30 heavy (non-hydrogen) atoms. The van der Waals surface area contributed by atoms with Gasteiger partial charge < -0.3 is 5.32 Å². The molecule has 1 fully saturated rings. The lowest BCUT2D eigenvalue weighted by Crippen LogP contribution is -2.51. The van der Waals surface area contributed by atoms with Gasteiger partial charge in [-0.25, -0.2) is 12.8 Å². The normalized spacial score (nSPS) is 20.2. The average Bonchev–Trinajstić information content (AvgIpc) is 2.66. The molecule has 0 radical (unpaired) electrons. The Kier molecular flexibility index (Phi) is 6.34. The van der Waals surface area contributed by atoms with Crippen LogP contribution >= 0.6 is 0 Å². The van der Waals surface area contributed by atoms with Crippen molar-refractivity contribution in [3.8, 4) is 0 Å². The monoisotopic (exact) mass is 432 g/mol. The van der Waals surface area contributed by atoms with Crippen molar-refractivity contribution in [1.29, 1.82) is 0 Å². The number of amides is 1. The number of carbonyl (C=O) groups excluding carboxylic acids is 1. The quantitative estimate of drug-likeness (QED) is 0.780. The molecule has 0 bridgehead atoms. The molecule has 3 rings (SSSR count). The Bertz CT molecular complexity index is 1030. The van der Waals surface area contributed by atoms with Crippen LogP contribution in [-0.4, -0.2) is 31.7 Å². The van der Waals surface area contributed by atoms with E-state index >= 15 is 0 Å². The number of halogens is 1. The number of nitrogens with zero attached hydrogens (tertiary/aromatic N) is 1. The van der Waals surface area contributed by atoms with Gasteiger partial charge in [0, 0.05) is 19.6 Å². The van der Waals surface area contributed by atoms with Gasteiger partial charge in [0.05, 0.1) is 10.3 Å². The van der Waals surface area contributed by atoms with Crippen molar-refractivity contribution in [3.05, 3.63) is 64.5 Å². The fourth-order valence-corrected chi connectivity index (χ4v) is 6.30. The van der Waals surface area contributed by atoms with Crippen molar-refractivity contribution >= 4 is 15.9 Å². The highest BCUT2D eigenvalue weighted by Crippen LogP contribution is 2.34. The van der Waals surface area contributed by atoms with Crippen molar-refractivity contribution in [2.75, 3.05) is 13.1 Å². The number of aryl methyl sites for hydroxylation is 3. The van der Waals surface area contributed by atoms with Crippen LogP contribution in [0.4, 0.5) is 4.39 Å². The Morgan fingerprint density at radius 1 is 1.13 bits per heavy atom. The second-order valence-electron chi connectivity index (χ2n) is 8.54. The molecule has 1 atom stereocenters. The first-order valence-electron chi connectivity index (χ1n) is 10.1. The SMILES string of the molecule is Cc1cc(C)c(S(=O)(=O)N2CCC[C@](C)(C(=O)NCc3ccc(F)cc3)C2)c(C)c1. The summed E-state index contributed by atoms with van der Waals surface area (Å²) in [6.45, 7) is 8.19. The number of benzene rings is 2. The van der Waals surface area contributed by atoms with Gasteiger partial charge in [-0.2, -0.15) is 4.31 Å². The minimum atomic E-state index is -3.70. The van der Waals surface area contributed by atoms with Gasteiger partial charge in [0.2, 0.25) is 15.9 Å². The van der Waals surface area contributed by atoms with Crippen LogP contribution in [0.3, 0.4) is 0 Å². The Balaban J connectivity index is 1.78. The molecule has 5 nitrogen and oxygen atoms in total. The van der Waals surface area contributed by atoms with E-state index in [-0.39, 0.29) is 24.8 Å². The van der Waals surface area contributed by atoms with Crippen LogP contribution in [0.25, 0.3) is 0 Å². The largest absolute Gasteiger partial charge is 0.352 e. The third-order valence-electron chi connectivity index (χ3n) is 5.78. The summed E-state index contributed by atoms with van der Waals surface area (Å²) in [6, 6.07) is 9.70. The van der Waals surface area contributed by atoms with E-state index in [0.29, 0.717) is 24.3 Å². The fraction of sp³-hybridized carbons (Fsp3) is 0.435. The molecular weight excluding hydrogens is 403 g/mol. The van der Waals surface area contributed by atoms with Crippen LogP contribution in [0, 0.1) is 32.0 Å². The molecule has 0 saturated carbocycles. The Labute approximate surface area is 178 Å². The van der Waals surface area contributed by atoms with E-state index < -0.39 is 15.4 Å². The number of rotatable bonds is 5. The van der Waals surface area contributed by atoms with Crippen molar-refractivity contribution in [3.63, 3.8) is 0 Å². The summed E-state index contributed by atoms with van der Waals surface area (Å²) in [6.07, 6.45) is 1.23. The van der Waals surface area contributed by atoms with Gasteiger partial charge in [-0.1, -0.05) is 29.8 Å². The average molecular weight is 433 g/mol. The number of carbonyl (C=O) groups is 1. The number of nitrogens with one attached hydrogen (secondary N) is 1. The molecule has 1 N–H and O–H groups in total. The number of hydrogen-bond donors (Lipinski definition) is 1. The second-order valence-corrected chi connectivity index (χ2v) is 10.4. The van der Waals surface area contributed by atoms with Crippen LogP contribution in [0.2, 0.25) is 0 Å². The van der Waals surface area contributed by atoms with Crippen LogP contribution in [0.15, 0.2) is 41.3 Å². The Hall–Kier alpha value is -2.25. The van der Waals surface area contributed by atoms with E-state index in [1.165, 1.54) is 16.4 Å². The predicted octanol–water partition coefficient (Wildman–Crippen LogP) is 3.86. The standard InChI is InChI=1S/C23H29FN2O3S/c1-16-12-17(2)21(18(3)13-16)30(28,29)26-11-5-10-23(4,15-26)22(27)25-14-19-6-8-20(24)9-7-19/h6-9,12-13H,5,10-11,14-15H2,1-4H3,(H,25,27)/t23-/m0/s1. The summed E-state index contributed by atoms with van der Waals surface area (Å²) in [7, 11) is -3.70. The number of hydrogen-bond acceptors (Lipinski definition) is 3. The summed E-state index contributed by atoms with van der Waals surface area (Å²) in [5, 5.41) is 2.89. The zero-order valence-electron chi connectivity index (χ0n) is 18.0. The topological polar surface area (TPSA) is 66.5 Å². The summed E-state index contributed by atoms with van der Waals surface area (Å²) in [4.78, 5) is 13.3. The molecule has 2 aromatic rings. The predicted molar refractivity (Wildman–Crippen MR) is 115 cm³/mol. The van der Waals surface area contributed by atoms with Crippen LogP contribution in [0.1, 0.15) is 42.0 Å². The van der Waals surface area contributed by atoms with Gasteiger partial charge in [-0.15, -0.1) is 0 Å². The molecule has 1 aliphatic heterocycles. The molecule has 0 aromatic heterocycles. The van der Waals surface area contributed by atoms with Crippen molar-refractivity contribution in [2.24, 2.45) is 5.41 Å². The molecule has 0 aliphatic carbocycles. The lowest BCUT2D eigenvalue weighted by atomic mass is 9.82. The van der Waals surface area contributed by atoms with E-state index in [9.17, 15) is 17.6 Å². The first kappa shape index (κ1) is 22.4. The highest BCUT2D eigenvalue weighted by atomic mass is 32.2. The van der Waals surface area contributed by atoms with Crippen LogP contribution in [0.5, 0.6) is 0 Å². The molecular formula is C23H29FN2O3S. The maximum atomic E-state index is 13.4. The lowest BCUT2D eigenvalue weighted by Gasteiger charge is -2.39. The van der Waals surface area contributed by atoms with E-state index in [1.54, 1.807) is 12.1 Å². The summed E-state index contributed by atoms with van der Waals surface area (Å²) < 4.78 is 41.3. The molecule has 1 saturated heterocycles. The summed E-state index contributed by atoms with van der Waals surface area (Å²) in [5.74, 6) is -0.518. The van der Waals surface area contributed by atoms with Crippen LogP contribution < -0.4 is 5.32 Å². The van der Waals surface area contributed by atoms with Crippen LogP contribution in [-0.2, 0) is 21.4 Å². The van der Waals surface area contributed by atoms with Gasteiger partial charge >= 0.3 is 0 Å². The number of sulfonamides is 1. The maximum Gasteiger partial charge on any atom is 0.243 e. The molecule has 162 valence electrons. The third kappa shape index (κ3) is 4.57. The second kappa shape index (κ2) is 8.47. The molecule has 1 amide bonds. The lowest BCUT2D eigenvalue weighted by molar-refractivity contribution is -0.132. The minimum absolute atomic E-state index is 0.136. The van der Waals surface area contributed by atoms with Gasteiger partial charge in [0.25, 0.3) is 0 Å². The molecule has 0 unspecified atom stereocenters. The fourth-order valence-electron chi connectivity index (χ4n) is 4.28. The highest BCUT2D eigenvalue weighted by molar-refractivity contribution is 7.89. The highest BCUT2D eigenvalue weighted by Gasteiger charge is 2.42. The van der Waals surface area contributed by atoms with E-state index in [4.69, 9.17) is 0 Å². The first-order valence-corrected chi connectivity index (χ1v) is 11.6. The maximum absolute atomic E-state index is 13.4. The van der Waals surface area contributed by atoms with Gasteiger partial charge in [0.1, 0.15) is 5.82 Å². The first-order chi connectivity index (χ1) is 14.0. The molecule has 2 aromatic carbocycles. The van der Waals surface area contributed by atoms with Gasteiger partial charge in [-0.05, 0) is 69.4 Å². The third-order valence-corrected chi connectivity index (χ3v) is 7.93. The van der Waals surface area contributed by atoms with Crippen molar-refractivity contribution in [2.45, 2.75) is 52.0 Å². The molecule has 1 heterocycles. The van der Waals surface area contributed by atoms with Gasteiger partial charge in [0.15, 0.2) is 0 Å². The molecule has 1 aliphatic rings.